The zero-order valence-electron chi connectivity index (χ0n) is 18.6. The SMILES string of the molecule is CCCCC(=O)Oc1c(OCC)cccc1OCCn1ncc2cc(OC)ccc2c1=O. The van der Waals surface area contributed by atoms with E-state index in [-0.39, 0.29) is 30.4 Å². The van der Waals surface area contributed by atoms with Crippen LogP contribution in [-0.4, -0.2) is 36.1 Å². The zero-order chi connectivity index (χ0) is 22.9. The van der Waals surface area contributed by atoms with Crippen molar-refractivity contribution in [1.29, 1.82) is 0 Å². The van der Waals surface area contributed by atoms with Crippen LogP contribution < -0.4 is 24.5 Å². The molecule has 0 spiro atoms. The summed E-state index contributed by atoms with van der Waals surface area (Å²) in [6, 6.07) is 10.4. The number of hydrogen-bond acceptors (Lipinski definition) is 7. The topological polar surface area (TPSA) is 88.9 Å². The van der Waals surface area contributed by atoms with Gasteiger partial charge in [0.15, 0.2) is 11.5 Å². The van der Waals surface area contributed by atoms with Crippen molar-refractivity contribution in [1.82, 2.24) is 9.78 Å². The molecule has 0 bridgehead atoms. The van der Waals surface area contributed by atoms with Crippen molar-refractivity contribution in [3.05, 3.63) is 52.9 Å². The highest BCUT2D eigenvalue weighted by atomic mass is 16.6. The van der Waals surface area contributed by atoms with E-state index in [1.54, 1.807) is 49.7 Å². The molecule has 0 N–H and O–H groups in total. The molecule has 3 aromatic rings. The molecule has 8 heteroatoms. The van der Waals surface area contributed by atoms with Crippen LogP contribution in [0.15, 0.2) is 47.4 Å². The fraction of sp³-hybridized carbons (Fsp3) is 0.375. The summed E-state index contributed by atoms with van der Waals surface area (Å²) < 4.78 is 23.5. The number of carbonyl (C=O) groups is 1. The van der Waals surface area contributed by atoms with E-state index in [9.17, 15) is 9.59 Å². The third-order valence-corrected chi connectivity index (χ3v) is 4.81. The van der Waals surface area contributed by atoms with Crippen LogP contribution in [0.25, 0.3) is 10.8 Å². The number of fused-ring (bicyclic) bond motifs is 1. The lowest BCUT2D eigenvalue weighted by Crippen LogP contribution is -2.25. The Labute approximate surface area is 186 Å². The first-order valence-electron chi connectivity index (χ1n) is 10.7. The Morgan fingerprint density at radius 1 is 1.09 bits per heavy atom. The normalized spacial score (nSPS) is 10.7. The van der Waals surface area contributed by atoms with Crippen molar-refractivity contribution >= 4 is 16.7 Å². The average molecular weight is 440 g/mol. The summed E-state index contributed by atoms with van der Waals surface area (Å²) in [5, 5.41) is 5.47. The highest BCUT2D eigenvalue weighted by Gasteiger charge is 2.17. The highest BCUT2D eigenvalue weighted by molar-refractivity contribution is 5.82. The second-order valence-corrected chi connectivity index (χ2v) is 7.07. The maximum atomic E-state index is 12.7. The number of methoxy groups -OCH3 is 1. The average Bonchev–Trinajstić information content (AvgIpc) is 2.80. The van der Waals surface area contributed by atoms with Crippen LogP contribution in [0, 0.1) is 0 Å². The fourth-order valence-electron chi connectivity index (χ4n) is 3.16. The number of nitrogens with zero attached hydrogens (tertiary/aromatic N) is 2. The second-order valence-electron chi connectivity index (χ2n) is 7.07. The van der Waals surface area contributed by atoms with Gasteiger partial charge < -0.3 is 18.9 Å². The van der Waals surface area contributed by atoms with E-state index in [2.05, 4.69) is 5.10 Å². The van der Waals surface area contributed by atoms with Crippen molar-refractivity contribution in [2.45, 2.75) is 39.7 Å². The van der Waals surface area contributed by atoms with E-state index in [4.69, 9.17) is 18.9 Å². The Balaban J connectivity index is 1.75. The smallest absolute Gasteiger partial charge is 0.311 e. The van der Waals surface area contributed by atoms with Crippen molar-refractivity contribution in [3.8, 4) is 23.0 Å². The minimum Gasteiger partial charge on any atom is -0.497 e. The van der Waals surface area contributed by atoms with Gasteiger partial charge in [0.05, 0.1) is 31.8 Å². The Kier molecular flexibility index (Phi) is 8.08. The third-order valence-electron chi connectivity index (χ3n) is 4.81. The predicted octanol–water partition coefficient (Wildman–Crippen LogP) is 3.98. The van der Waals surface area contributed by atoms with Crippen molar-refractivity contribution < 1.29 is 23.7 Å². The van der Waals surface area contributed by atoms with Crippen LogP contribution in [0.1, 0.15) is 33.1 Å². The van der Waals surface area contributed by atoms with Gasteiger partial charge in [-0.15, -0.1) is 0 Å². The van der Waals surface area contributed by atoms with E-state index in [0.717, 1.165) is 12.8 Å². The van der Waals surface area contributed by atoms with Gasteiger partial charge in [0, 0.05) is 11.8 Å². The minimum absolute atomic E-state index is 0.156. The number of benzene rings is 2. The van der Waals surface area contributed by atoms with Crippen LogP contribution in [-0.2, 0) is 11.3 Å². The molecule has 0 aliphatic heterocycles. The van der Waals surface area contributed by atoms with Gasteiger partial charge in [-0.2, -0.15) is 5.10 Å². The Morgan fingerprint density at radius 2 is 1.88 bits per heavy atom. The maximum Gasteiger partial charge on any atom is 0.311 e. The van der Waals surface area contributed by atoms with E-state index in [1.807, 2.05) is 13.8 Å². The summed E-state index contributed by atoms with van der Waals surface area (Å²) in [7, 11) is 1.57. The first kappa shape index (κ1) is 23.1. The molecule has 0 saturated heterocycles. The summed E-state index contributed by atoms with van der Waals surface area (Å²) in [6.07, 6.45) is 3.58. The van der Waals surface area contributed by atoms with Crippen LogP contribution in [0.2, 0.25) is 0 Å². The highest BCUT2D eigenvalue weighted by Crippen LogP contribution is 2.37. The van der Waals surface area contributed by atoms with Gasteiger partial charge in [0.1, 0.15) is 12.4 Å². The van der Waals surface area contributed by atoms with Crippen molar-refractivity contribution in [2.75, 3.05) is 20.3 Å². The molecule has 0 radical (unpaired) electrons. The molecule has 0 aliphatic carbocycles. The quantitative estimate of drug-likeness (QED) is 0.329. The second kappa shape index (κ2) is 11.2. The Bertz CT molecular complexity index is 1130. The van der Waals surface area contributed by atoms with Crippen molar-refractivity contribution in [3.63, 3.8) is 0 Å². The maximum absolute atomic E-state index is 12.7. The number of esters is 1. The molecular formula is C24H28N2O6. The Hall–Kier alpha value is -3.55. The number of hydrogen-bond donors (Lipinski definition) is 0. The predicted molar refractivity (Wildman–Crippen MR) is 121 cm³/mol. The standard InChI is InChI=1S/C24H28N2O6/c1-4-6-10-22(27)32-23-20(30-5-2)8-7-9-21(23)31-14-13-26-24(28)19-12-11-18(29-3)15-17(19)16-25-26/h7-9,11-12,15-16H,4-6,10,13-14H2,1-3H3. The lowest BCUT2D eigenvalue weighted by Gasteiger charge is -2.15. The minimum atomic E-state index is -0.341. The van der Waals surface area contributed by atoms with Gasteiger partial charge in [0.2, 0.25) is 5.75 Å². The molecule has 0 unspecified atom stereocenters. The molecule has 1 aromatic heterocycles. The molecule has 170 valence electrons. The van der Waals surface area contributed by atoms with Gasteiger partial charge in [-0.3, -0.25) is 9.59 Å². The first-order chi connectivity index (χ1) is 15.6. The zero-order valence-corrected chi connectivity index (χ0v) is 18.6. The van der Waals surface area contributed by atoms with Gasteiger partial charge >= 0.3 is 5.97 Å². The number of ether oxygens (including phenoxy) is 4. The van der Waals surface area contributed by atoms with E-state index in [0.29, 0.717) is 41.0 Å². The summed E-state index contributed by atoms with van der Waals surface area (Å²) in [4.78, 5) is 24.9. The molecule has 0 saturated carbocycles. The van der Waals surface area contributed by atoms with E-state index >= 15 is 0 Å². The largest absolute Gasteiger partial charge is 0.497 e. The Morgan fingerprint density at radius 3 is 2.59 bits per heavy atom. The van der Waals surface area contributed by atoms with Gasteiger partial charge in [-0.1, -0.05) is 19.4 Å². The molecule has 0 aliphatic rings. The molecule has 3 rings (SSSR count). The molecule has 8 nitrogen and oxygen atoms in total. The monoisotopic (exact) mass is 440 g/mol. The van der Waals surface area contributed by atoms with Crippen LogP contribution in [0.3, 0.4) is 0 Å². The van der Waals surface area contributed by atoms with E-state index in [1.165, 1.54) is 4.68 Å². The molecule has 0 amide bonds. The molecule has 0 fully saturated rings. The molecule has 1 heterocycles. The number of rotatable bonds is 11. The number of para-hydroxylation sites is 1. The molecule has 2 aromatic carbocycles. The lowest BCUT2D eigenvalue weighted by atomic mass is 10.2. The van der Waals surface area contributed by atoms with E-state index < -0.39 is 0 Å². The molecule has 32 heavy (non-hydrogen) atoms. The summed E-state index contributed by atoms with van der Waals surface area (Å²) >= 11 is 0. The summed E-state index contributed by atoms with van der Waals surface area (Å²) in [6.45, 7) is 4.66. The number of aromatic nitrogens is 2. The number of unbranched alkanes of at least 4 members (excludes halogenated alkanes) is 1. The van der Waals surface area contributed by atoms with Crippen LogP contribution in [0.4, 0.5) is 0 Å². The number of carbonyl (C=O) groups excluding carboxylic acids is 1. The van der Waals surface area contributed by atoms with Gasteiger partial charge in [-0.25, -0.2) is 4.68 Å². The summed E-state index contributed by atoms with van der Waals surface area (Å²) in [5.41, 5.74) is -0.219. The van der Waals surface area contributed by atoms with Crippen LogP contribution in [0.5, 0.6) is 23.0 Å². The van der Waals surface area contributed by atoms with Crippen LogP contribution >= 0.6 is 0 Å². The molecular weight excluding hydrogens is 412 g/mol. The lowest BCUT2D eigenvalue weighted by molar-refractivity contribution is -0.134. The van der Waals surface area contributed by atoms with Gasteiger partial charge in [-0.05, 0) is 43.7 Å². The third kappa shape index (κ3) is 5.57. The fourth-order valence-corrected chi connectivity index (χ4v) is 3.16. The van der Waals surface area contributed by atoms with Gasteiger partial charge in [0.25, 0.3) is 5.56 Å². The molecule has 0 atom stereocenters. The first-order valence-corrected chi connectivity index (χ1v) is 10.7. The van der Waals surface area contributed by atoms with Crippen molar-refractivity contribution in [2.24, 2.45) is 0 Å². The summed E-state index contributed by atoms with van der Waals surface area (Å²) in [5.74, 6) is 1.38.